The van der Waals surface area contributed by atoms with Gasteiger partial charge in [-0.15, -0.1) is 11.3 Å². The Morgan fingerprint density at radius 2 is 1.76 bits per heavy atom. The number of aryl methyl sites for hydroxylation is 1. The van der Waals surface area contributed by atoms with Crippen LogP contribution in [0.3, 0.4) is 0 Å². The third-order valence-corrected chi connectivity index (χ3v) is 5.99. The van der Waals surface area contributed by atoms with Crippen LogP contribution < -0.4 is 0 Å². The second-order valence-corrected chi connectivity index (χ2v) is 9.55. The van der Waals surface area contributed by atoms with E-state index in [9.17, 15) is 13.2 Å². The second kappa shape index (κ2) is 7.28. The number of rotatable bonds is 5. The maximum atomic E-state index is 13.7. The largest absolute Gasteiger partial charge is 0.263 e. The van der Waals surface area contributed by atoms with Gasteiger partial charge in [0.15, 0.2) is 0 Å². The van der Waals surface area contributed by atoms with Crippen molar-refractivity contribution < 1.29 is 13.2 Å². The Balaban J connectivity index is 2.21. The fraction of sp³-hybridized carbons (Fsp3) is 0.526. The van der Waals surface area contributed by atoms with Crippen LogP contribution >= 0.6 is 22.9 Å². The minimum atomic E-state index is -2.69. The smallest absolute Gasteiger partial charge is 0.244 e. The van der Waals surface area contributed by atoms with Gasteiger partial charge in [-0.3, -0.25) is 0 Å². The first-order valence-electron chi connectivity index (χ1n) is 8.15. The highest BCUT2D eigenvalue weighted by Crippen LogP contribution is 2.36. The summed E-state index contributed by atoms with van der Waals surface area (Å²) in [5, 5.41) is 0.969. The first-order chi connectivity index (χ1) is 11.4. The molecule has 138 valence electrons. The summed E-state index contributed by atoms with van der Waals surface area (Å²) in [5.41, 5.74) is 0.544. The fourth-order valence-corrected chi connectivity index (χ4v) is 3.77. The van der Waals surface area contributed by atoms with Gasteiger partial charge in [-0.05, 0) is 42.0 Å². The van der Waals surface area contributed by atoms with Gasteiger partial charge in [0.1, 0.15) is 10.2 Å². The van der Waals surface area contributed by atoms with Gasteiger partial charge in [-0.2, -0.15) is 0 Å². The van der Waals surface area contributed by atoms with Crippen molar-refractivity contribution in [1.29, 1.82) is 0 Å². The highest BCUT2D eigenvalue weighted by atomic mass is 35.5. The molecule has 2 rings (SSSR count). The van der Waals surface area contributed by atoms with E-state index in [1.807, 2.05) is 13.8 Å². The van der Waals surface area contributed by atoms with Gasteiger partial charge in [-0.1, -0.05) is 46.2 Å². The van der Waals surface area contributed by atoms with Gasteiger partial charge in [0.25, 0.3) is 6.43 Å². The molecule has 0 N–H and O–H groups in total. The molecule has 2 aromatic rings. The van der Waals surface area contributed by atoms with Gasteiger partial charge >= 0.3 is 0 Å². The van der Waals surface area contributed by atoms with E-state index in [0.717, 1.165) is 16.8 Å². The molecule has 0 spiro atoms. The van der Waals surface area contributed by atoms with E-state index in [4.69, 9.17) is 11.6 Å². The highest BCUT2D eigenvalue weighted by molar-refractivity contribution is 7.16. The average Bonchev–Trinajstić information content (AvgIpc) is 2.86. The molecular formula is C19H23ClF3NS. The molecule has 0 amide bonds. The van der Waals surface area contributed by atoms with Crippen molar-refractivity contribution in [2.24, 2.45) is 0 Å². The number of aromatic nitrogens is 1. The molecule has 1 heterocycles. The molecule has 0 unspecified atom stereocenters. The summed E-state index contributed by atoms with van der Waals surface area (Å²) < 4.78 is 40.3. The number of hydrogen-bond acceptors (Lipinski definition) is 2. The molecule has 0 atom stereocenters. The van der Waals surface area contributed by atoms with Crippen LogP contribution in [-0.4, -0.2) is 4.98 Å². The van der Waals surface area contributed by atoms with Crippen LogP contribution in [0.25, 0.3) is 0 Å². The number of nitrogens with zero attached hydrogens (tertiary/aromatic N) is 1. The van der Waals surface area contributed by atoms with Crippen LogP contribution in [0.1, 0.15) is 69.3 Å². The summed E-state index contributed by atoms with van der Waals surface area (Å²) in [4.78, 5) is 4.63. The second-order valence-electron chi connectivity index (χ2n) is 7.95. The van der Waals surface area contributed by atoms with Gasteiger partial charge < -0.3 is 0 Å². The lowest BCUT2D eigenvalue weighted by molar-refractivity contribution is 0.150. The van der Waals surface area contributed by atoms with Crippen LogP contribution in [0.4, 0.5) is 13.2 Å². The lowest BCUT2D eigenvalue weighted by atomic mass is 9.79. The molecule has 6 heteroatoms. The Morgan fingerprint density at radius 3 is 2.28 bits per heavy atom. The maximum absolute atomic E-state index is 13.7. The van der Waals surface area contributed by atoms with Crippen LogP contribution in [-0.2, 0) is 17.3 Å². The molecule has 25 heavy (non-hydrogen) atoms. The zero-order chi connectivity index (χ0) is 19.0. The van der Waals surface area contributed by atoms with Crippen molar-refractivity contribution in [3.8, 4) is 0 Å². The Morgan fingerprint density at radius 1 is 1.12 bits per heavy atom. The molecule has 0 bridgehead atoms. The predicted molar refractivity (Wildman–Crippen MR) is 98.5 cm³/mol. The van der Waals surface area contributed by atoms with Gasteiger partial charge in [0.2, 0.25) is 0 Å². The molecule has 0 saturated carbocycles. The minimum Gasteiger partial charge on any atom is -0.244 e. The topological polar surface area (TPSA) is 12.9 Å². The first kappa shape index (κ1) is 20.2. The Hall–Kier alpha value is -1.07. The lowest BCUT2D eigenvalue weighted by Crippen LogP contribution is -2.19. The summed E-state index contributed by atoms with van der Waals surface area (Å²) in [6.45, 7) is 10.1. The predicted octanol–water partition coefficient (Wildman–Crippen LogP) is 7.08. The number of benzene rings is 1. The molecular weight excluding hydrogens is 367 g/mol. The standard InChI is InChI=1S/C19H23ClF3NS/c1-18(2,3)17-24-14(15(20)25-17)6-7-19(4,5)12-8-11(16(22)23)9-13(21)10-12/h8-10,16H,6-7H2,1-5H3. The van der Waals surface area contributed by atoms with Crippen LogP contribution in [0.15, 0.2) is 18.2 Å². The highest BCUT2D eigenvalue weighted by Gasteiger charge is 2.26. The van der Waals surface area contributed by atoms with E-state index in [1.54, 1.807) is 0 Å². The number of halogens is 4. The van der Waals surface area contributed by atoms with E-state index >= 15 is 0 Å². The monoisotopic (exact) mass is 389 g/mol. The number of thiazole rings is 1. The van der Waals surface area contributed by atoms with E-state index in [1.165, 1.54) is 23.5 Å². The zero-order valence-electron chi connectivity index (χ0n) is 15.1. The normalized spacial score (nSPS) is 12.9. The van der Waals surface area contributed by atoms with Crippen molar-refractivity contribution in [2.45, 2.75) is 64.7 Å². The molecule has 1 nitrogen and oxygen atoms in total. The van der Waals surface area contributed by atoms with Crippen LogP contribution in [0, 0.1) is 5.82 Å². The summed E-state index contributed by atoms with van der Waals surface area (Å²) in [5.74, 6) is -0.636. The summed E-state index contributed by atoms with van der Waals surface area (Å²) >= 11 is 7.79. The van der Waals surface area contributed by atoms with E-state index in [-0.39, 0.29) is 11.0 Å². The summed E-state index contributed by atoms with van der Waals surface area (Å²) in [7, 11) is 0. The molecule has 1 aromatic carbocycles. The number of alkyl halides is 2. The van der Waals surface area contributed by atoms with Gasteiger partial charge in [-0.25, -0.2) is 18.2 Å². The van der Waals surface area contributed by atoms with E-state index < -0.39 is 17.7 Å². The summed E-state index contributed by atoms with van der Waals surface area (Å²) in [6, 6.07) is 3.60. The van der Waals surface area contributed by atoms with Crippen LogP contribution in [0.5, 0.6) is 0 Å². The Labute approximate surface area is 156 Å². The lowest BCUT2D eigenvalue weighted by Gasteiger charge is -2.26. The molecule has 0 radical (unpaired) electrons. The minimum absolute atomic E-state index is 0.0726. The average molecular weight is 390 g/mol. The maximum Gasteiger partial charge on any atom is 0.263 e. The molecule has 1 aromatic heterocycles. The third-order valence-electron chi connectivity index (χ3n) is 4.23. The van der Waals surface area contributed by atoms with Crippen molar-refractivity contribution >= 4 is 22.9 Å². The van der Waals surface area contributed by atoms with E-state index in [0.29, 0.717) is 22.7 Å². The molecule has 0 aliphatic carbocycles. The molecule has 0 saturated heterocycles. The quantitative estimate of drug-likeness (QED) is 0.532. The van der Waals surface area contributed by atoms with Crippen molar-refractivity contribution in [3.63, 3.8) is 0 Å². The van der Waals surface area contributed by atoms with Crippen molar-refractivity contribution in [3.05, 3.63) is 50.2 Å². The van der Waals surface area contributed by atoms with Crippen molar-refractivity contribution in [2.75, 3.05) is 0 Å². The van der Waals surface area contributed by atoms with Gasteiger partial charge in [0, 0.05) is 11.0 Å². The summed E-state index contributed by atoms with van der Waals surface area (Å²) in [6.07, 6.45) is -1.45. The molecule has 0 aliphatic rings. The third kappa shape index (κ3) is 4.98. The SMILES string of the molecule is CC(C)(C)c1nc(CCC(C)(C)c2cc(F)cc(C(F)F)c2)c(Cl)s1. The fourth-order valence-electron chi connectivity index (χ4n) is 2.51. The molecule has 0 fully saturated rings. The van der Waals surface area contributed by atoms with E-state index in [2.05, 4.69) is 25.8 Å². The number of hydrogen-bond donors (Lipinski definition) is 0. The van der Waals surface area contributed by atoms with Crippen LogP contribution in [0.2, 0.25) is 4.34 Å². The first-order valence-corrected chi connectivity index (χ1v) is 9.34. The van der Waals surface area contributed by atoms with Crippen molar-refractivity contribution in [1.82, 2.24) is 4.98 Å². The van der Waals surface area contributed by atoms with Gasteiger partial charge in [0.05, 0.1) is 10.7 Å². The molecule has 0 aliphatic heterocycles. The Bertz CT molecular complexity index is 748. The Kier molecular flexibility index (Phi) is 5.89. The zero-order valence-corrected chi connectivity index (χ0v) is 16.7.